The molecule has 2 aromatic carbocycles. The molecule has 0 saturated carbocycles. The minimum atomic E-state index is -4.70. The first-order chi connectivity index (χ1) is 10.9. The first kappa shape index (κ1) is 16.6. The lowest BCUT2D eigenvalue weighted by Crippen LogP contribution is -2.27. The van der Waals surface area contributed by atoms with Crippen LogP contribution in [0.1, 0.15) is 15.9 Å². The van der Waals surface area contributed by atoms with E-state index in [0.717, 1.165) is 0 Å². The second-order valence-electron chi connectivity index (χ2n) is 4.78. The van der Waals surface area contributed by atoms with E-state index in [4.69, 9.17) is 0 Å². The number of hydrogen-bond acceptors (Lipinski definition) is 3. The van der Waals surface area contributed by atoms with E-state index >= 15 is 0 Å². The van der Waals surface area contributed by atoms with Crippen molar-refractivity contribution in [3.63, 3.8) is 0 Å². The van der Waals surface area contributed by atoms with Crippen LogP contribution in [0.2, 0.25) is 0 Å². The minimum Gasteiger partial charge on any atom is -0.507 e. The van der Waals surface area contributed by atoms with E-state index in [1.165, 1.54) is 24.3 Å². The quantitative estimate of drug-likeness (QED) is 0.650. The first-order valence-electron chi connectivity index (χ1n) is 6.77. The zero-order valence-corrected chi connectivity index (χ0v) is 12.0. The number of phenols is 1. The number of halogens is 3. The Bertz CT molecular complexity index is 709. The van der Waals surface area contributed by atoms with Gasteiger partial charge < -0.3 is 10.4 Å². The van der Waals surface area contributed by atoms with Gasteiger partial charge in [-0.2, -0.15) is 13.2 Å². The molecule has 0 atom stereocenters. The Labute approximate surface area is 131 Å². The van der Waals surface area contributed by atoms with Crippen molar-refractivity contribution in [2.75, 3.05) is 0 Å². The van der Waals surface area contributed by atoms with Crippen molar-refractivity contribution >= 4 is 5.78 Å². The topological polar surface area (TPSA) is 49.3 Å². The highest BCUT2D eigenvalue weighted by atomic mass is 19.4. The Balaban J connectivity index is 2.21. The van der Waals surface area contributed by atoms with Crippen LogP contribution in [0.3, 0.4) is 0 Å². The van der Waals surface area contributed by atoms with Crippen molar-refractivity contribution in [3.05, 3.63) is 77.5 Å². The van der Waals surface area contributed by atoms with E-state index < -0.39 is 17.7 Å². The van der Waals surface area contributed by atoms with Crippen molar-refractivity contribution in [2.45, 2.75) is 12.7 Å². The number of ketones is 1. The third-order valence-electron chi connectivity index (χ3n) is 3.08. The number of hydrogen-bond donors (Lipinski definition) is 2. The summed E-state index contributed by atoms with van der Waals surface area (Å²) in [5.41, 5.74) is -0.692. The molecule has 0 aliphatic rings. The smallest absolute Gasteiger partial charge is 0.431 e. The molecule has 0 bridgehead atoms. The summed E-state index contributed by atoms with van der Waals surface area (Å²) in [7, 11) is 0. The zero-order chi connectivity index (χ0) is 16.9. The highest BCUT2D eigenvalue weighted by Crippen LogP contribution is 2.25. The monoisotopic (exact) mass is 321 g/mol. The number of alkyl halides is 3. The lowest BCUT2D eigenvalue weighted by atomic mass is 10.1. The van der Waals surface area contributed by atoms with Gasteiger partial charge in [0, 0.05) is 12.6 Å². The molecule has 0 spiro atoms. The third-order valence-corrected chi connectivity index (χ3v) is 3.08. The molecule has 0 aliphatic carbocycles. The van der Waals surface area contributed by atoms with Gasteiger partial charge in [0.1, 0.15) is 11.4 Å². The summed E-state index contributed by atoms with van der Waals surface area (Å²) in [5.74, 6) is -1.28. The molecule has 2 rings (SSSR count). The van der Waals surface area contributed by atoms with Gasteiger partial charge in [0.15, 0.2) is 5.78 Å². The Kier molecular flexibility index (Phi) is 5.05. The number of allylic oxidation sites excluding steroid dienone is 2. The molecule has 2 aromatic rings. The van der Waals surface area contributed by atoms with Crippen molar-refractivity contribution < 1.29 is 23.1 Å². The van der Waals surface area contributed by atoms with Gasteiger partial charge in [-0.1, -0.05) is 42.5 Å². The molecule has 0 unspecified atom stereocenters. The van der Waals surface area contributed by atoms with Gasteiger partial charge in [0.05, 0.1) is 5.56 Å². The van der Waals surface area contributed by atoms with Gasteiger partial charge in [-0.05, 0) is 17.7 Å². The average molecular weight is 321 g/mol. The normalized spacial score (nSPS) is 12.0. The number of phenolic OH excluding ortho intramolecular Hbond substituents is 1. The van der Waals surface area contributed by atoms with Crippen LogP contribution < -0.4 is 5.32 Å². The highest BCUT2D eigenvalue weighted by molar-refractivity contribution is 6.06. The van der Waals surface area contributed by atoms with E-state index in [2.05, 4.69) is 5.32 Å². The van der Waals surface area contributed by atoms with Crippen molar-refractivity contribution in [1.82, 2.24) is 5.32 Å². The molecule has 0 aliphatic heterocycles. The summed E-state index contributed by atoms with van der Waals surface area (Å²) in [6, 6.07) is 14.0. The number of aromatic hydroxyl groups is 1. The van der Waals surface area contributed by atoms with Crippen LogP contribution in [0.25, 0.3) is 0 Å². The highest BCUT2D eigenvalue weighted by Gasteiger charge is 2.34. The number of nitrogens with one attached hydrogen (secondary N) is 1. The zero-order valence-electron chi connectivity index (χ0n) is 12.0. The number of benzene rings is 2. The molecule has 0 radical (unpaired) electrons. The summed E-state index contributed by atoms with van der Waals surface area (Å²) in [4.78, 5) is 12.0. The summed E-state index contributed by atoms with van der Waals surface area (Å²) in [5, 5.41) is 11.8. The summed E-state index contributed by atoms with van der Waals surface area (Å²) in [6.07, 6.45) is -4.24. The van der Waals surface area contributed by atoms with E-state index in [1.54, 1.807) is 30.3 Å². The standard InChI is InChI=1S/C17H14F3NO2/c18-17(19,20)16(21-11-12-6-2-1-3-7-12)10-15(23)13-8-4-5-9-14(13)22/h1-10,21-22H,11H2. The van der Waals surface area contributed by atoms with Gasteiger partial charge in [-0.25, -0.2) is 0 Å². The molecule has 0 saturated heterocycles. The largest absolute Gasteiger partial charge is 0.507 e. The lowest BCUT2D eigenvalue weighted by Gasteiger charge is -2.14. The molecule has 2 N–H and O–H groups in total. The van der Waals surface area contributed by atoms with Crippen LogP contribution in [0, 0.1) is 0 Å². The summed E-state index contributed by atoms with van der Waals surface area (Å²) in [6.45, 7) is -0.0692. The van der Waals surface area contributed by atoms with Crippen LogP contribution in [0.4, 0.5) is 13.2 Å². The van der Waals surface area contributed by atoms with Crippen LogP contribution in [0.5, 0.6) is 5.75 Å². The molecule has 0 aromatic heterocycles. The molecular formula is C17H14F3NO2. The Morgan fingerprint density at radius 2 is 1.65 bits per heavy atom. The van der Waals surface area contributed by atoms with Gasteiger partial charge in [-0.3, -0.25) is 4.79 Å². The first-order valence-corrected chi connectivity index (χ1v) is 6.77. The number of carbonyl (C=O) groups excluding carboxylic acids is 1. The number of carbonyl (C=O) groups is 1. The predicted octanol–water partition coefficient (Wildman–Crippen LogP) is 3.81. The van der Waals surface area contributed by atoms with E-state index in [9.17, 15) is 23.1 Å². The fourth-order valence-corrected chi connectivity index (χ4v) is 1.92. The minimum absolute atomic E-state index is 0.0692. The fraction of sp³-hybridized carbons (Fsp3) is 0.118. The third kappa shape index (κ3) is 4.60. The summed E-state index contributed by atoms with van der Waals surface area (Å²) >= 11 is 0. The molecule has 120 valence electrons. The second kappa shape index (κ2) is 7.00. The van der Waals surface area contributed by atoms with E-state index in [-0.39, 0.29) is 17.9 Å². The van der Waals surface area contributed by atoms with Gasteiger partial charge in [0.2, 0.25) is 0 Å². The van der Waals surface area contributed by atoms with Gasteiger partial charge >= 0.3 is 6.18 Å². The lowest BCUT2D eigenvalue weighted by molar-refractivity contribution is -0.0970. The molecule has 3 nitrogen and oxygen atoms in total. The Morgan fingerprint density at radius 3 is 2.26 bits per heavy atom. The maximum atomic E-state index is 13.1. The Hall–Kier alpha value is -2.76. The van der Waals surface area contributed by atoms with Crippen LogP contribution in [0.15, 0.2) is 66.4 Å². The molecule has 0 fully saturated rings. The van der Waals surface area contributed by atoms with Crippen LogP contribution in [-0.2, 0) is 6.54 Å². The fourth-order valence-electron chi connectivity index (χ4n) is 1.92. The predicted molar refractivity (Wildman–Crippen MR) is 79.9 cm³/mol. The average Bonchev–Trinajstić information content (AvgIpc) is 2.51. The van der Waals surface area contributed by atoms with Crippen molar-refractivity contribution in [1.29, 1.82) is 0 Å². The van der Waals surface area contributed by atoms with Crippen molar-refractivity contribution in [2.24, 2.45) is 0 Å². The molecule has 0 heterocycles. The maximum absolute atomic E-state index is 13.1. The van der Waals surface area contributed by atoms with Crippen molar-refractivity contribution in [3.8, 4) is 5.75 Å². The van der Waals surface area contributed by atoms with Crippen LogP contribution >= 0.6 is 0 Å². The van der Waals surface area contributed by atoms with Crippen LogP contribution in [-0.4, -0.2) is 17.1 Å². The Morgan fingerprint density at radius 1 is 1.04 bits per heavy atom. The molecule has 0 amide bonds. The SMILES string of the molecule is O=C(C=C(NCc1ccccc1)C(F)(F)F)c1ccccc1O. The molecular weight excluding hydrogens is 307 g/mol. The summed E-state index contributed by atoms with van der Waals surface area (Å²) < 4.78 is 39.2. The van der Waals surface area contributed by atoms with E-state index in [1.807, 2.05) is 0 Å². The number of rotatable bonds is 5. The number of para-hydroxylation sites is 1. The molecule has 23 heavy (non-hydrogen) atoms. The van der Waals surface area contributed by atoms with E-state index in [0.29, 0.717) is 11.6 Å². The maximum Gasteiger partial charge on any atom is 0.431 e. The second-order valence-corrected chi connectivity index (χ2v) is 4.78. The molecule has 6 heteroatoms. The van der Waals surface area contributed by atoms with Gasteiger partial charge in [-0.15, -0.1) is 0 Å². The van der Waals surface area contributed by atoms with Gasteiger partial charge in [0.25, 0.3) is 0 Å².